The first-order valence-corrected chi connectivity index (χ1v) is 8.54. The maximum absolute atomic E-state index is 5.53. The van der Waals surface area contributed by atoms with Crippen molar-refractivity contribution in [1.82, 2.24) is 0 Å². The first-order chi connectivity index (χ1) is 10.7. The van der Waals surface area contributed by atoms with E-state index in [-0.39, 0.29) is 0 Å². The topological polar surface area (TPSA) is 18.5 Å². The van der Waals surface area contributed by atoms with Crippen LogP contribution in [0.1, 0.15) is 11.1 Å². The summed E-state index contributed by atoms with van der Waals surface area (Å²) in [6.07, 6.45) is 5.36. The number of halogens is 2. The SMILES string of the molecule is C=CCc1ccc(-c2ccc(OI)c(CC=C)c2)c(OI)c1. The predicted molar refractivity (Wildman–Crippen MR) is 109 cm³/mol. The summed E-state index contributed by atoms with van der Waals surface area (Å²) >= 11 is 3.83. The molecule has 0 bridgehead atoms. The maximum Gasteiger partial charge on any atom is 0.192 e. The molecule has 4 heteroatoms. The molecule has 0 atom stereocenters. The van der Waals surface area contributed by atoms with Crippen LogP contribution in [0, 0.1) is 0 Å². The van der Waals surface area contributed by atoms with Crippen molar-refractivity contribution in [2.45, 2.75) is 12.8 Å². The van der Waals surface area contributed by atoms with Crippen LogP contribution < -0.4 is 6.13 Å². The Hall–Kier alpha value is -1.02. The molecule has 0 aromatic heterocycles. The lowest BCUT2D eigenvalue weighted by molar-refractivity contribution is 0.705. The third-order valence-corrected chi connectivity index (χ3v) is 4.28. The number of allylic oxidation sites excluding steroid dienone is 2. The van der Waals surface area contributed by atoms with Crippen LogP contribution in [-0.4, -0.2) is 0 Å². The van der Waals surface area contributed by atoms with Gasteiger partial charge < -0.3 is 6.13 Å². The van der Waals surface area contributed by atoms with Gasteiger partial charge in [0.2, 0.25) is 0 Å². The van der Waals surface area contributed by atoms with Crippen LogP contribution in [0.3, 0.4) is 0 Å². The van der Waals surface area contributed by atoms with E-state index in [0.717, 1.165) is 41.0 Å². The Labute approximate surface area is 159 Å². The highest BCUT2D eigenvalue weighted by atomic mass is 127. The monoisotopic (exact) mass is 518 g/mol. The van der Waals surface area contributed by atoms with Crippen molar-refractivity contribution in [3.63, 3.8) is 0 Å². The van der Waals surface area contributed by atoms with E-state index in [2.05, 4.69) is 37.4 Å². The summed E-state index contributed by atoms with van der Waals surface area (Å²) in [6, 6.07) is 12.4. The molecule has 0 saturated heterocycles. The summed E-state index contributed by atoms with van der Waals surface area (Å²) in [5.74, 6) is 1.72. The number of hydrogen-bond acceptors (Lipinski definition) is 2. The van der Waals surface area contributed by atoms with Crippen molar-refractivity contribution in [2.24, 2.45) is 0 Å². The lowest BCUT2D eigenvalue weighted by atomic mass is 9.98. The molecular weight excluding hydrogens is 502 g/mol. The van der Waals surface area contributed by atoms with Crippen LogP contribution in [0.2, 0.25) is 0 Å². The summed E-state index contributed by atoms with van der Waals surface area (Å²) in [5, 5.41) is 0. The van der Waals surface area contributed by atoms with Crippen LogP contribution in [0.5, 0.6) is 11.5 Å². The third kappa shape index (κ3) is 4.04. The first kappa shape index (κ1) is 17.3. The molecule has 0 radical (unpaired) electrons. The van der Waals surface area contributed by atoms with E-state index in [9.17, 15) is 0 Å². The van der Waals surface area contributed by atoms with Gasteiger partial charge >= 0.3 is 0 Å². The molecule has 0 aliphatic rings. The highest BCUT2D eigenvalue weighted by Gasteiger charge is 2.10. The molecule has 2 rings (SSSR count). The Morgan fingerprint density at radius 3 is 2.23 bits per heavy atom. The van der Waals surface area contributed by atoms with Crippen LogP contribution in [0.4, 0.5) is 0 Å². The van der Waals surface area contributed by atoms with Gasteiger partial charge in [0.25, 0.3) is 0 Å². The van der Waals surface area contributed by atoms with Crippen LogP contribution in [-0.2, 0) is 12.8 Å². The van der Waals surface area contributed by atoms with Gasteiger partial charge in [0, 0.05) is 5.56 Å². The molecule has 22 heavy (non-hydrogen) atoms. The molecule has 2 aromatic rings. The molecule has 0 aliphatic heterocycles. The van der Waals surface area contributed by atoms with Crippen LogP contribution >= 0.6 is 46.0 Å². The predicted octanol–water partition coefficient (Wildman–Crippen LogP) is 6.27. The molecule has 0 fully saturated rings. The minimum absolute atomic E-state index is 0.765. The fourth-order valence-corrected chi connectivity index (χ4v) is 3.09. The molecule has 0 spiro atoms. The Kier molecular flexibility index (Phi) is 6.75. The van der Waals surface area contributed by atoms with Crippen LogP contribution in [0.15, 0.2) is 61.7 Å². The van der Waals surface area contributed by atoms with Gasteiger partial charge in [-0.15, -0.1) is 13.2 Å². The van der Waals surface area contributed by atoms with Crippen LogP contribution in [0.25, 0.3) is 11.1 Å². The van der Waals surface area contributed by atoms with Gasteiger partial charge in [0.1, 0.15) is 11.5 Å². The van der Waals surface area contributed by atoms with Gasteiger partial charge in [-0.25, -0.2) is 0 Å². The highest BCUT2D eigenvalue weighted by Crippen LogP contribution is 2.35. The van der Waals surface area contributed by atoms with Gasteiger partial charge in [-0.2, -0.15) is 0 Å². The van der Waals surface area contributed by atoms with Crippen molar-refractivity contribution in [1.29, 1.82) is 0 Å². The quantitative estimate of drug-likeness (QED) is 0.318. The molecule has 0 unspecified atom stereocenters. The normalized spacial score (nSPS) is 10.1. The first-order valence-electron chi connectivity index (χ1n) is 6.78. The van der Waals surface area contributed by atoms with Gasteiger partial charge in [-0.1, -0.05) is 30.4 Å². The highest BCUT2D eigenvalue weighted by molar-refractivity contribution is 14.1. The summed E-state index contributed by atoms with van der Waals surface area (Å²) in [6.45, 7) is 7.58. The van der Waals surface area contributed by atoms with E-state index in [0.29, 0.717) is 0 Å². The van der Waals surface area contributed by atoms with E-state index in [1.807, 2.05) is 70.3 Å². The summed E-state index contributed by atoms with van der Waals surface area (Å²) in [7, 11) is 0. The molecule has 2 aromatic carbocycles. The minimum Gasteiger partial charge on any atom is -0.427 e. The molecule has 0 saturated carbocycles. The van der Waals surface area contributed by atoms with Crippen molar-refractivity contribution < 1.29 is 6.13 Å². The fourth-order valence-electron chi connectivity index (χ4n) is 2.30. The average molecular weight is 518 g/mol. The summed E-state index contributed by atoms with van der Waals surface area (Å²) in [4.78, 5) is 0. The lowest BCUT2D eigenvalue weighted by Gasteiger charge is -2.12. The fraction of sp³-hybridized carbons (Fsp3) is 0.111. The second kappa shape index (κ2) is 8.57. The Morgan fingerprint density at radius 2 is 1.59 bits per heavy atom. The second-order valence-electron chi connectivity index (χ2n) is 4.79. The summed E-state index contributed by atoms with van der Waals surface area (Å²) in [5.41, 5.74) is 4.46. The van der Waals surface area contributed by atoms with E-state index in [4.69, 9.17) is 6.13 Å². The lowest BCUT2D eigenvalue weighted by Crippen LogP contribution is -1.91. The second-order valence-corrected chi connectivity index (χ2v) is 5.67. The Bertz CT molecular complexity index is 681. The largest absolute Gasteiger partial charge is 0.427 e. The zero-order valence-corrected chi connectivity index (χ0v) is 16.3. The molecule has 0 heterocycles. The third-order valence-electron chi connectivity index (χ3n) is 3.33. The van der Waals surface area contributed by atoms with E-state index >= 15 is 0 Å². The van der Waals surface area contributed by atoms with Crippen molar-refractivity contribution in [3.8, 4) is 22.6 Å². The van der Waals surface area contributed by atoms with Gasteiger partial charge in [-0.05, 0) is 47.7 Å². The van der Waals surface area contributed by atoms with E-state index in [1.54, 1.807) is 0 Å². The zero-order valence-electron chi connectivity index (χ0n) is 12.0. The van der Waals surface area contributed by atoms with Gasteiger partial charge in [0.05, 0.1) is 0 Å². The smallest absolute Gasteiger partial charge is 0.192 e. The van der Waals surface area contributed by atoms with Crippen molar-refractivity contribution in [2.75, 3.05) is 0 Å². The Morgan fingerprint density at radius 1 is 0.864 bits per heavy atom. The summed E-state index contributed by atoms with van der Waals surface area (Å²) < 4.78 is 10.9. The minimum atomic E-state index is 0.765. The molecule has 2 nitrogen and oxygen atoms in total. The zero-order chi connectivity index (χ0) is 15.9. The molecule has 0 N–H and O–H groups in total. The number of benzene rings is 2. The van der Waals surface area contributed by atoms with E-state index < -0.39 is 0 Å². The maximum atomic E-state index is 5.53. The van der Waals surface area contributed by atoms with Crippen molar-refractivity contribution in [3.05, 3.63) is 72.8 Å². The molecule has 0 amide bonds. The standard InChI is InChI=1S/C18H16I2O2/c1-3-5-13-7-9-16(18(11-13)22-20)14-8-10-17(21-19)15(12-14)6-4-2/h3-4,7-12H,1-2,5-6H2. The van der Waals surface area contributed by atoms with Crippen molar-refractivity contribution >= 4 is 46.0 Å². The Balaban J connectivity index is 2.48. The van der Waals surface area contributed by atoms with Gasteiger partial charge in [-0.3, -0.25) is 0 Å². The molecular formula is C18H16I2O2. The molecule has 0 aliphatic carbocycles. The number of hydrogen-bond donors (Lipinski definition) is 0. The van der Waals surface area contributed by atoms with Gasteiger partial charge in [0.15, 0.2) is 46.0 Å². The molecule has 114 valence electrons. The number of rotatable bonds is 7. The average Bonchev–Trinajstić information content (AvgIpc) is 2.55. The van der Waals surface area contributed by atoms with E-state index in [1.165, 1.54) is 5.56 Å².